The lowest BCUT2D eigenvalue weighted by Crippen LogP contribution is -2.21. The number of nitrogens with one attached hydrogen (secondary N) is 1. The van der Waals surface area contributed by atoms with Gasteiger partial charge in [-0.2, -0.15) is 0 Å². The molecule has 2 aromatic carbocycles. The molecule has 2 aromatic rings. The fourth-order valence-corrected chi connectivity index (χ4v) is 2.45. The van der Waals surface area contributed by atoms with E-state index in [9.17, 15) is 4.39 Å². The molecule has 0 aliphatic rings. The lowest BCUT2D eigenvalue weighted by molar-refractivity contribution is 0.504. The summed E-state index contributed by atoms with van der Waals surface area (Å²) >= 11 is 6.04. The van der Waals surface area contributed by atoms with Gasteiger partial charge in [0.1, 0.15) is 5.82 Å². The van der Waals surface area contributed by atoms with Gasteiger partial charge in [-0.15, -0.1) is 0 Å². The van der Waals surface area contributed by atoms with E-state index in [4.69, 9.17) is 11.6 Å². The lowest BCUT2D eigenvalue weighted by Gasteiger charge is -2.18. The third-order valence-electron chi connectivity index (χ3n) is 3.47. The fourth-order valence-electron chi connectivity index (χ4n) is 2.22. The second kappa shape index (κ2) is 6.87. The van der Waals surface area contributed by atoms with E-state index < -0.39 is 0 Å². The molecule has 0 radical (unpaired) electrons. The third kappa shape index (κ3) is 3.59. The van der Waals surface area contributed by atoms with Gasteiger partial charge in [0.2, 0.25) is 0 Å². The Bertz CT molecular complexity index is 545. The van der Waals surface area contributed by atoms with Crippen LogP contribution in [-0.2, 0) is 6.54 Å². The summed E-state index contributed by atoms with van der Waals surface area (Å²) in [4.78, 5) is 0. The Hall–Kier alpha value is -1.38. The Kier molecular flexibility index (Phi) is 5.16. The summed E-state index contributed by atoms with van der Waals surface area (Å²) in [6, 6.07) is 13.4. The first-order chi connectivity index (χ1) is 9.61. The second-order valence-corrected chi connectivity index (χ2v) is 5.36. The van der Waals surface area contributed by atoms with Crippen molar-refractivity contribution in [1.82, 2.24) is 5.32 Å². The van der Waals surface area contributed by atoms with Crippen molar-refractivity contribution in [2.24, 2.45) is 0 Å². The second-order valence-electron chi connectivity index (χ2n) is 4.95. The summed E-state index contributed by atoms with van der Waals surface area (Å²) in [7, 11) is 0. The topological polar surface area (TPSA) is 12.0 Å². The smallest absolute Gasteiger partial charge is 0.129 e. The van der Waals surface area contributed by atoms with Crippen LogP contribution in [0.5, 0.6) is 0 Å². The molecule has 0 aromatic heterocycles. The molecule has 0 amide bonds. The molecule has 20 heavy (non-hydrogen) atoms. The molecule has 0 saturated carbocycles. The highest BCUT2D eigenvalue weighted by Gasteiger charge is 2.11. The van der Waals surface area contributed by atoms with Gasteiger partial charge < -0.3 is 5.32 Å². The van der Waals surface area contributed by atoms with Crippen molar-refractivity contribution in [3.8, 4) is 0 Å². The minimum absolute atomic E-state index is 0.200. The zero-order valence-corrected chi connectivity index (χ0v) is 12.5. The van der Waals surface area contributed by atoms with Crippen LogP contribution in [0.4, 0.5) is 4.39 Å². The average molecular weight is 292 g/mol. The van der Waals surface area contributed by atoms with Crippen LogP contribution in [-0.4, -0.2) is 0 Å². The van der Waals surface area contributed by atoms with E-state index >= 15 is 0 Å². The van der Waals surface area contributed by atoms with Crippen molar-refractivity contribution in [3.63, 3.8) is 0 Å². The standard InChI is InChI=1S/C17H19ClFN/c1-3-17(13-9-7-12(2)8-10-13)20-11-14-15(18)5-4-6-16(14)19/h4-10,17,20H,3,11H2,1-2H3. The third-order valence-corrected chi connectivity index (χ3v) is 3.83. The van der Waals surface area contributed by atoms with Crippen LogP contribution in [0.2, 0.25) is 5.02 Å². The van der Waals surface area contributed by atoms with Gasteiger partial charge in [0.05, 0.1) is 0 Å². The summed E-state index contributed by atoms with van der Waals surface area (Å²) in [6.07, 6.45) is 0.940. The zero-order chi connectivity index (χ0) is 14.5. The molecule has 0 aliphatic carbocycles. The van der Waals surface area contributed by atoms with E-state index in [2.05, 4.69) is 43.4 Å². The SMILES string of the molecule is CCC(NCc1c(F)cccc1Cl)c1ccc(C)cc1. The van der Waals surface area contributed by atoms with E-state index in [0.29, 0.717) is 17.1 Å². The molecule has 3 heteroatoms. The zero-order valence-electron chi connectivity index (χ0n) is 11.8. The normalized spacial score (nSPS) is 12.4. The largest absolute Gasteiger partial charge is 0.306 e. The highest BCUT2D eigenvalue weighted by molar-refractivity contribution is 6.31. The monoisotopic (exact) mass is 291 g/mol. The summed E-state index contributed by atoms with van der Waals surface area (Å²) in [5.74, 6) is -0.260. The van der Waals surface area contributed by atoms with Gasteiger partial charge in [-0.05, 0) is 31.0 Å². The van der Waals surface area contributed by atoms with Gasteiger partial charge in [0, 0.05) is 23.2 Å². The molecular weight excluding hydrogens is 273 g/mol. The highest BCUT2D eigenvalue weighted by atomic mass is 35.5. The summed E-state index contributed by atoms with van der Waals surface area (Å²) in [5.41, 5.74) is 2.98. The predicted molar refractivity (Wildman–Crippen MR) is 82.5 cm³/mol. The average Bonchev–Trinajstić information content (AvgIpc) is 2.44. The van der Waals surface area contributed by atoms with Gasteiger partial charge in [-0.3, -0.25) is 0 Å². The summed E-state index contributed by atoms with van der Waals surface area (Å²) < 4.78 is 13.7. The Morgan fingerprint density at radius 2 is 1.85 bits per heavy atom. The maximum atomic E-state index is 13.7. The number of hydrogen-bond donors (Lipinski definition) is 1. The maximum absolute atomic E-state index is 13.7. The molecule has 0 heterocycles. The Labute approximate surface area is 124 Å². The molecule has 0 saturated heterocycles. The first-order valence-corrected chi connectivity index (χ1v) is 7.22. The molecular formula is C17H19ClFN. The van der Waals surface area contributed by atoms with E-state index in [-0.39, 0.29) is 11.9 Å². The molecule has 1 unspecified atom stereocenters. The van der Waals surface area contributed by atoms with Crippen molar-refractivity contribution in [3.05, 3.63) is 70.0 Å². The minimum atomic E-state index is -0.260. The van der Waals surface area contributed by atoms with Crippen LogP contribution in [0.25, 0.3) is 0 Å². The van der Waals surface area contributed by atoms with Crippen LogP contribution < -0.4 is 5.32 Å². The molecule has 0 fully saturated rings. The number of rotatable bonds is 5. The number of hydrogen-bond acceptors (Lipinski definition) is 1. The number of aryl methyl sites for hydroxylation is 1. The Morgan fingerprint density at radius 3 is 2.45 bits per heavy atom. The van der Waals surface area contributed by atoms with Gasteiger partial charge in [0.25, 0.3) is 0 Å². The maximum Gasteiger partial charge on any atom is 0.129 e. The first-order valence-electron chi connectivity index (χ1n) is 6.84. The van der Waals surface area contributed by atoms with Crippen molar-refractivity contribution in [2.45, 2.75) is 32.9 Å². The highest BCUT2D eigenvalue weighted by Crippen LogP contribution is 2.22. The van der Waals surface area contributed by atoms with Gasteiger partial charge >= 0.3 is 0 Å². The van der Waals surface area contributed by atoms with Gasteiger partial charge in [0.15, 0.2) is 0 Å². The molecule has 2 rings (SSSR count). The Balaban J connectivity index is 2.09. The first kappa shape index (κ1) is 15.0. The predicted octanol–water partition coefficient (Wildman–Crippen LogP) is 5.03. The van der Waals surface area contributed by atoms with E-state index in [0.717, 1.165) is 6.42 Å². The molecule has 0 spiro atoms. The quantitative estimate of drug-likeness (QED) is 0.815. The van der Waals surface area contributed by atoms with E-state index in [1.54, 1.807) is 12.1 Å². The molecule has 1 N–H and O–H groups in total. The molecule has 1 atom stereocenters. The van der Waals surface area contributed by atoms with E-state index in [1.807, 2.05) is 0 Å². The Morgan fingerprint density at radius 1 is 1.15 bits per heavy atom. The lowest BCUT2D eigenvalue weighted by atomic mass is 10.0. The number of benzene rings is 2. The number of halogens is 2. The van der Waals surface area contributed by atoms with Crippen molar-refractivity contribution in [2.75, 3.05) is 0 Å². The van der Waals surface area contributed by atoms with Crippen LogP contribution in [0.3, 0.4) is 0 Å². The molecule has 0 aliphatic heterocycles. The minimum Gasteiger partial charge on any atom is -0.306 e. The summed E-state index contributed by atoms with van der Waals surface area (Å²) in [5, 5.41) is 3.85. The molecule has 106 valence electrons. The van der Waals surface area contributed by atoms with Crippen LogP contribution >= 0.6 is 11.6 Å². The van der Waals surface area contributed by atoms with E-state index in [1.165, 1.54) is 17.2 Å². The molecule has 1 nitrogen and oxygen atoms in total. The fraction of sp³-hybridized carbons (Fsp3) is 0.294. The van der Waals surface area contributed by atoms with Crippen LogP contribution in [0.15, 0.2) is 42.5 Å². The van der Waals surface area contributed by atoms with Crippen LogP contribution in [0, 0.1) is 12.7 Å². The van der Waals surface area contributed by atoms with Gasteiger partial charge in [-0.25, -0.2) is 4.39 Å². The van der Waals surface area contributed by atoms with Crippen molar-refractivity contribution < 1.29 is 4.39 Å². The van der Waals surface area contributed by atoms with Crippen LogP contribution in [0.1, 0.15) is 36.1 Å². The van der Waals surface area contributed by atoms with Crippen molar-refractivity contribution in [1.29, 1.82) is 0 Å². The summed E-state index contributed by atoms with van der Waals surface area (Å²) in [6.45, 7) is 4.61. The van der Waals surface area contributed by atoms with Crippen molar-refractivity contribution >= 4 is 11.6 Å². The molecule has 0 bridgehead atoms. The van der Waals surface area contributed by atoms with Gasteiger partial charge in [-0.1, -0.05) is 54.4 Å².